The fourth-order valence-electron chi connectivity index (χ4n) is 2.95. The van der Waals surface area contributed by atoms with Crippen LogP contribution in [0.25, 0.3) is 0 Å². The Labute approximate surface area is 126 Å². The van der Waals surface area contributed by atoms with Gasteiger partial charge in [0.2, 0.25) is 5.91 Å². The summed E-state index contributed by atoms with van der Waals surface area (Å²) in [7, 11) is 0. The first-order valence-corrected chi connectivity index (χ1v) is 8.63. The Morgan fingerprint density at radius 2 is 2.10 bits per heavy atom. The Balaban J connectivity index is 1.97. The minimum atomic E-state index is 0.291. The largest absolute Gasteiger partial charge is 0.342 e. The number of rotatable bonds is 6. The van der Waals surface area contributed by atoms with Crippen LogP contribution in [0, 0.1) is 0 Å². The van der Waals surface area contributed by atoms with Crippen molar-refractivity contribution >= 4 is 17.2 Å². The second-order valence-electron chi connectivity index (χ2n) is 5.58. The van der Waals surface area contributed by atoms with E-state index in [0.717, 1.165) is 38.9 Å². The molecule has 1 aliphatic heterocycles. The Hall–Kier alpha value is -0.870. The van der Waals surface area contributed by atoms with Gasteiger partial charge >= 0.3 is 0 Å². The number of thiophene rings is 1. The molecule has 0 bridgehead atoms. The Morgan fingerprint density at radius 3 is 2.75 bits per heavy atom. The average molecular weight is 294 g/mol. The van der Waals surface area contributed by atoms with E-state index in [9.17, 15) is 4.79 Å². The highest BCUT2D eigenvalue weighted by Crippen LogP contribution is 2.32. The van der Waals surface area contributed by atoms with Crippen molar-refractivity contribution in [3.8, 4) is 0 Å². The maximum absolute atomic E-state index is 12.5. The van der Waals surface area contributed by atoms with E-state index in [0.29, 0.717) is 18.5 Å². The summed E-state index contributed by atoms with van der Waals surface area (Å²) in [6, 6.07) is 2.59. The summed E-state index contributed by atoms with van der Waals surface area (Å²) < 4.78 is 0. The maximum atomic E-state index is 12.5. The third kappa shape index (κ3) is 3.41. The van der Waals surface area contributed by atoms with Crippen LogP contribution in [0.15, 0.2) is 11.4 Å². The minimum absolute atomic E-state index is 0.291. The van der Waals surface area contributed by atoms with Crippen molar-refractivity contribution in [1.29, 1.82) is 0 Å². The second kappa shape index (κ2) is 7.23. The second-order valence-corrected chi connectivity index (χ2v) is 6.58. The van der Waals surface area contributed by atoms with Crippen LogP contribution < -0.4 is 0 Å². The lowest BCUT2D eigenvalue weighted by molar-refractivity contribution is -0.133. The van der Waals surface area contributed by atoms with E-state index >= 15 is 0 Å². The monoisotopic (exact) mass is 294 g/mol. The first-order valence-electron chi connectivity index (χ1n) is 7.75. The van der Waals surface area contributed by atoms with Gasteiger partial charge in [0, 0.05) is 30.6 Å². The smallest absolute Gasteiger partial charge is 0.236 e. The summed E-state index contributed by atoms with van der Waals surface area (Å²) in [5.74, 6) is 0.291. The first-order chi connectivity index (χ1) is 9.67. The van der Waals surface area contributed by atoms with Gasteiger partial charge in [-0.05, 0) is 43.2 Å². The normalized spacial score (nSPS) is 18.9. The molecule has 0 unspecified atom stereocenters. The van der Waals surface area contributed by atoms with Gasteiger partial charge in [-0.2, -0.15) is 0 Å². The van der Waals surface area contributed by atoms with Gasteiger partial charge in [-0.3, -0.25) is 9.69 Å². The van der Waals surface area contributed by atoms with Crippen molar-refractivity contribution < 1.29 is 4.79 Å². The summed E-state index contributed by atoms with van der Waals surface area (Å²) in [4.78, 5) is 18.3. The molecule has 1 atom stereocenters. The molecule has 0 fully saturated rings. The highest BCUT2D eigenvalue weighted by Gasteiger charge is 2.27. The highest BCUT2D eigenvalue weighted by atomic mass is 32.1. The summed E-state index contributed by atoms with van der Waals surface area (Å²) in [6.45, 7) is 9.84. The molecule has 0 saturated heterocycles. The van der Waals surface area contributed by atoms with E-state index in [1.165, 1.54) is 10.4 Å². The van der Waals surface area contributed by atoms with Crippen LogP contribution in [0.5, 0.6) is 0 Å². The molecule has 2 rings (SSSR count). The molecule has 3 nitrogen and oxygen atoms in total. The summed E-state index contributed by atoms with van der Waals surface area (Å²) >= 11 is 1.85. The molecule has 0 aliphatic carbocycles. The molecule has 1 aromatic rings. The number of carbonyl (C=O) groups is 1. The Kier molecular flexibility index (Phi) is 5.61. The lowest BCUT2D eigenvalue weighted by Crippen LogP contribution is -2.44. The van der Waals surface area contributed by atoms with Crippen LogP contribution >= 0.6 is 11.3 Å². The molecular formula is C16H26N2OS. The predicted molar refractivity (Wildman–Crippen MR) is 85.2 cm³/mol. The molecule has 1 amide bonds. The third-order valence-electron chi connectivity index (χ3n) is 4.08. The molecule has 0 spiro atoms. The SMILES string of the molecule is CCCN(CCC)C(=O)CN1CCc2sccc2[C@@H]1C. The van der Waals surface area contributed by atoms with Crippen LogP contribution in [0.1, 0.15) is 50.1 Å². The van der Waals surface area contributed by atoms with Gasteiger partial charge in [0.1, 0.15) is 0 Å². The van der Waals surface area contributed by atoms with Crippen LogP contribution in [0.2, 0.25) is 0 Å². The number of amides is 1. The molecule has 0 aromatic carbocycles. The van der Waals surface area contributed by atoms with Crippen LogP contribution in [0.4, 0.5) is 0 Å². The van der Waals surface area contributed by atoms with E-state index in [-0.39, 0.29) is 0 Å². The van der Waals surface area contributed by atoms with E-state index in [4.69, 9.17) is 0 Å². The quantitative estimate of drug-likeness (QED) is 0.803. The number of nitrogens with zero attached hydrogens (tertiary/aromatic N) is 2. The summed E-state index contributed by atoms with van der Waals surface area (Å²) in [6.07, 6.45) is 3.16. The Bertz CT molecular complexity index is 437. The number of fused-ring (bicyclic) bond motifs is 1. The number of hydrogen-bond donors (Lipinski definition) is 0. The van der Waals surface area contributed by atoms with Gasteiger partial charge in [0.25, 0.3) is 0 Å². The topological polar surface area (TPSA) is 23.6 Å². The molecular weight excluding hydrogens is 268 g/mol. The summed E-state index contributed by atoms with van der Waals surface area (Å²) in [5.41, 5.74) is 1.42. The van der Waals surface area contributed by atoms with Crippen molar-refractivity contribution in [2.24, 2.45) is 0 Å². The van der Waals surface area contributed by atoms with E-state index in [2.05, 4.69) is 37.1 Å². The first kappa shape index (κ1) is 15.5. The molecule has 1 aromatic heterocycles. The molecule has 0 N–H and O–H groups in total. The van der Waals surface area contributed by atoms with E-state index in [1.54, 1.807) is 0 Å². The highest BCUT2D eigenvalue weighted by molar-refractivity contribution is 7.10. The molecule has 112 valence electrons. The lowest BCUT2D eigenvalue weighted by atomic mass is 10.0. The van der Waals surface area contributed by atoms with Crippen molar-refractivity contribution in [3.05, 3.63) is 21.9 Å². The average Bonchev–Trinajstić information content (AvgIpc) is 2.91. The molecule has 4 heteroatoms. The van der Waals surface area contributed by atoms with Crippen molar-refractivity contribution in [1.82, 2.24) is 9.80 Å². The fraction of sp³-hybridized carbons (Fsp3) is 0.688. The van der Waals surface area contributed by atoms with Gasteiger partial charge in [0.05, 0.1) is 6.54 Å². The van der Waals surface area contributed by atoms with Gasteiger partial charge in [-0.25, -0.2) is 0 Å². The molecule has 1 aliphatic rings. The zero-order valence-electron chi connectivity index (χ0n) is 12.9. The van der Waals surface area contributed by atoms with E-state index in [1.807, 2.05) is 16.2 Å². The van der Waals surface area contributed by atoms with Gasteiger partial charge < -0.3 is 4.90 Å². The molecule has 0 radical (unpaired) electrons. The van der Waals surface area contributed by atoms with Crippen LogP contribution in [-0.2, 0) is 11.2 Å². The Morgan fingerprint density at radius 1 is 1.40 bits per heavy atom. The van der Waals surface area contributed by atoms with Gasteiger partial charge in [-0.1, -0.05) is 13.8 Å². The zero-order chi connectivity index (χ0) is 14.5. The van der Waals surface area contributed by atoms with Crippen LogP contribution in [-0.4, -0.2) is 41.9 Å². The lowest BCUT2D eigenvalue weighted by Gasteiger charge is -2.34. The molecule has 20 heavy (non-hydrogen) atoms. The fourth-order valence-corrected chi connectivity index (χ4v) is 3.91. The van der Waals surface area contributed by atoms with Crippen molar-refractivity contribution in [3.63, 3.8) is 0 Å². The van der Waals surface area contributed by atoms with Gasteiger partial charge in [0.15, 0.2) is 0 Å². The summed E-state index contributed by atoms with van der Waals surface area (Å²) in [5, 5.41) is 2.17. The molecule has 0 saturated carbocycles. The zero-order valence-corrected chi connectivity index (χ0v) is 13.7. The van der Waals surface area contributed by atoms with E-state index < -0.39 is 0 Å². The standard InChI is InChI=1S/C16H26N2OS/c1-4-8-17(9-5-2)16(19)12-18-10-6-15-14(13(18)3)7-11-20-15/h7,11,13H,4-6,8-10,12H2,1-3H3/t13-/m0/s1. The van der Waals surface area contributed by atoms with Crippen LogP contribution in [0.3, 0.4) is 0 Å². The molecule has 2 heterocycles. The van der Waals surface area contributed by atoms with Crippen molar-refractivity contribution in [2.45, 2.75) is 46.1 Å². The third-order valence-corrected chi connectivity index (χ3v) is 5.08. The van der Waals surface area contributed by atoms with Crippen molar-refractivity contribution in [2.75, 3.05) is 26.2 Å². The van der Waals surface area contributed by atoms with Gasteiger partial charge in [-0.15, -0.1) is 11.3 Å². The number of hydrogen-bond acceptors (Lipinski definition) is 3. The predicted octanol–water partition coefficient (Wildman–Crippen LogP) is 3.32. The number of carbonyl (C=O) groups excluding carboxylic acids is 1. The minimum Gasteiger partial charge on any atom is -0.342 e. The maximum Gasteiger partial charge on any atom is 0.236 e.